The summed E-state index contributed by atoms with van der Waals surface area (Å²) in [6.45, 7) is 3.65. The van der Waals surface area contributed by atoms with E-state index in [1.807, 2.05) is 6.07 Å². The van der Waals surface area contributed by atoms with Crippen molar-refractivity contribution in [1.29, 1.82) is 0 Å². The van der Waals surface area contributed by atoms with Crippen LogP contribution in [0.15, 0.2) is 36.9 Å². The number of halogens is 8. The lowest BCUT2D eigenvalue weighted by Crippen LogP contribution is -2.38. The third-order valence-corrected chi connectivity index (χ3v) is 7.94. The van der Waals surface area contributed by atoms with Crippen LogP contribution in [0.2, 0.25) is 0 Å². The first-order valence-electron chi connectivity index (χ1n) is 12.4. The fourth-order valence-electron chi connectivity index (χ4n) is 5.95. The van der Waals surface area contributed by atoms with E-state index in [1.54, 1.807) is 12.1 Å². The lowest BCUT2D eigenvalue weighted by Gasteiger charge is -2.39. The van der Waals surface area contributed by atoms with Gasteiger partial charge >= 0.3 is 12.3 Å². The average molecular weight is 533 g/mol. The zero-order valence-corrected chi connectivity index (χ0v) is 20.1. The molecule has 0 aliphatic heterocycles. The van der Waals surface area contributed by atoms with Gasteiger partial charge in [0.05, 0.1) is 5.92 Å². The largest absolute Gasteiger partial charge is 0.432 e. The highest BCUT2D eigenvalue weighted by Gasteiger charge is 2.46. The predicted molar refractivity (Wildman–Crippen MR) is 124 cm³/mol. The highest BCUT2D eigenvalue weighted by molar-refractivity contribution is 5.48. The van der Waals surface area contributed by atoms with Crippen molar-refractivity contribution >= 4 is 6.08 Å². The van der Waals surface area contributed by atoms with E-state index in [4.69, 9.17) is 0 Å². The summed E-state index contributed by atoms with van der Waals surface area (Å²) in [5, 5.41) is 0. The zero-order valence-electron chi connectivity index (χ0n) is 20.1. The topological polar surface area (TPSA) is 9.23 Å². The Hall–Kier alpha value is -2.58. The lowest BCUT2D eigenvalue weighted by molar-refractivity contribution is -0.224. The highest BCUT2D eigenvalue weighted by atomic mass is 19.4. The molecular weight excluding hydrogens is 504 g/mol. The Bertz CT molecular complexity index is 1090. The molecule has 1 nitrogen and oxygen atoms in total. The van der Waals surface area contributed by atoms with Crippen LogP contribution in [0.4, 0.5) is 35.1 Å². The quantitative estimate of drug-likeness (QED) is 0.337. The SMILES string of the molecule is C=Cc1ccc(C2CCC(C3CCC(C(F)(F)Oc4cc(F)c(C(F)(F)F)c(F)c4)CC3)CC2)c(F)c1. The fourth-order valence-corrected chi connectivity index (χ4v) is 5.95. The molecule has 0 atom stereocenters. The van der Waals surface area contributed by atoms with Crippen molar-refractivity contribution in [2.24, 2.45) is 17.8 Å². The first-order chi connectivity index (χ1) is 17.4. The molecule has 0 bridgehead atoms. The van der Waals surface area contributed by atoms with Gasteiger partial charge in [0.25, 0.3) is 0 Å². The number of alkyl halides is 5. The lowest BCUT2D eigenvalue weighted by atomic mass is 9.68. The second kappa shape index (κ2) is 10.7. The minimum absolute atomic E-state index is 0.119. The molecule has 202 valence electrons. The van der Waals surface area contributed by atoms with E-state index in [-0.39, 0.29) is 42.6 Å². The van der Waals surface area contributed by atoms with Gasteiger partial charge in [0.15, 0.2) is 0 Å². The second-order valence-electron chi connectivity index (χ2n) is 10.1. The number of hydrogen-bond donors (Lipinski definition) is 0. The van der Waals surface area contributed by atoms with Crippen LogP contribution in [-0.4, -0.2) is 6.11 Å². The van der Waals surface area contributed by atoms with E-state index in [0.717, 1.165) is 31.2 Å². The predicted octanol–water partition coefficient (Wildman–Crippen LogP) is 9.52. The van der Waals surface area contributed by atoms with Crippen molar-refractivity contribution < 1.29 is 39.9 Å². The number of rotatable bonds is 6. The van der Waals surface area contributed by atoms with E-state index < -0.39 is 41.2 Å². The van der Waals surface area contributed by atoms with Gasteiger partial charge in [0.2, 0.25) is 0 Å². The number of benzene rings is 2. The molecule has 9 heteroatoms. The maximum absolute atomic E-state index is 14.8. The Morgan fingerprint density at radius 3 is 1.76 bits per heavy atom. The summed E-state index contributed by atoms with van der Waals surface area (Å²) in [6.07, 6.45) is -2.80. The summed E-state index contributed by atoms with van der Waals surface area (Å²) in [5.74, 6) is -5.75. The molecule has 0 unspecified atom stereocenters. The van der Waals surface area contributed by atoms with E-state index in [2.05, 4.69) is 11.3 Å². The maximum atomic E-state index is 14.8. The van der Waals surface area contributed by atoms with Crippen LogP contribution in [-0.2, 0) is 6.18 Å². The van der Waals surface area contributed by atoms with Crippen LogP contribution in [0, 0.1) is 35.2 Å². The van der Waals surface area contributed by atoms with Gasteiger partial charge in [-0.25, -0.2) is 13.2 Å². The summed E-state index contributed by atoms with van der Waals surface area (Å²) in [4.78, 5) is 0. The molecule has 0 N–H and O–H groups in total. The van der Waals surface area contributed by atoms with Crippen molar-refractivity contribution in [3.05, 3.63) is 71.1 Å². The van der Waals surface area contributed by atoms with Crippen LogP contribution in [0.5, 0.6) is 5.75 Å². The smallest absolute Gasteiger partial charge is 0.422 e. The summed E-state index contributed by atoms with van der Waals surface area (Å²) in [7, 11) is 0. The van der Waals surface area contributed by atoms with E-state index >= 15 is 0 Å². The van der Waals surface area contributed by atoms with Gasteiger partial charge in [-0.15, -0.1) is 0 Å². The molecule has 2 aliphatic rings. The molecular formula is C28H28F8O. The molecule has 0 aromatic heterocycles. The second-order valence-corrected chi connectivity index (χ2v) is 10.1. The summed E-state index contributed by atoms with van der Waals surface area (Å²) >= 11 is 0. The van der Waals surface area contributed by atoms with Gasteiger partial charge in [-0.1, -0.05) is 24.8 Å². The standard InChI is InChI=1S/C28H28F8O/c1-2-16-3-12-22(23(29)13-16)19-6-4-17(5-7-19)18-8-10-20(11-9-18)28(35,36)37-21-14-24(30)26(25(31)15-21)27(32,33)34/h2-3,12-15,17-20H,1,4-11H2. The third-order valence-electron chi connectivity index (χ3n) is 7.94. The van der Waals surface area contributed by atoms with E-state index in [0.29, 0.717) is 24.3 Å². The van der Waals surface area contributed by atoms with Crippen molar-refractivity contribution in [1.82, 2.24) is 0 Å². The van der Waals surface area contributed by atoms with Gasteiger partial charge < -0.3 is 4.74 Å². The fraction of sp³-hybridized carbons (Fsp3) is 0.500. The molecule has 2 aliphatic carbocycles. The molecule has 0 amide bonds. The van der Waals surface area contributed by atoms with Crippen LogP contribution in [0.1, 0.15) is 74.0 Å². The molecule has 37 heavy (non-hydrogen) atoms. The number of ether oxygens (including phenoxy) is 1. The zero-order chi connectivity index (χ0) is 27.0. The van der Waals surface area contributed by atoms with Crippen molar-refractivity contribution in [3.63, 3.8) is 0 Å². The number of hydrogen-bond acceptors (Lipinski definition) is 1. The minimum atomic E-state index is -5.29. The summed E-state index contributed by atoms with van der Waals surface area (Å²) in [5.41, 5.74) is -0.725. The van der Waals surface area contributed by atoms with Crippen molar-refractivity contribution in [3.8, 4) is 5.75 Å². The Kier molecular flexibility index (Phi) is 7.91. The molecule has 0 radical (unpaired) electrons. The molecule has 4 rings (SSSR count). The Morgan fingerprint density at radius 1 is 0.730 bits per heavy atom. The maximum Gasteiger partial charge on any atom is 0.422 e. The van der Waals surface area contributed by atoms with Gasteiger partial charge in [-0.3, -0.25) is 0 Å². The van der Waals surface area contributed by atoms with Gasteiger partial charge in [0, 0.05) is 12.1 Å². The Labute approximate surface area is 210 Å². The van der Waals surface area contributed by atoms with E-state index in [9.17, 15) is 35.1 Å². The van der Waals surface area contributed by atoms with Crippen molar-refractivity contribution in [2.75, 3.05) is 0 Å². The summed E-state index contributed by atoms with van der Waals surface area (Å²) < 4.78 is 114. The first-order valence-corrected chi connectivity index (χ1v) is 12.4. The molecule has 0 spiro atoms. The molecule has 0 heterocycles. The van der Waals surface area contributed by atoms with Gasteiger partial charge in [-0.05, 0) is 86.3 Å². The average Bonchev–Trinajstić information content (AvgIpc) is 2.82. The normalized spacial score (nSPS) is 25.1. The van der Waals surface area contributed by atoms with Crippen LogP contribution in [0.3, 0.4) is 0 Å². The first kappa shape index (κ1) is 27.5. The van der Waals surface area contributed by atoms with Gasteiger partial charge in [0.1, 0.15) is 28.8 Å². The van der Waals surface area contributed by atoms with Crippen LogP contribution < -0.4 is 4.74 Å². The molecule has 2 fully saturated rings. The molecule has 0 saturated heterocycles. The Balaban J connectivity index is 1.31. The van der Waals surface area contributed by atoms with E-state index in [1.165, 1.54) is 6.07 Å². The van der Waals surface area contributed by atoms with Crippen molar-refractivity contribution in [2.45, 2.75) is 69.6 Å². The monoisotopic (exact) mass is 532 g/mol. The van der Waals surface area contributed by atoms with Gasteiger partial charge in [-0.2, -0.15) is 22.0 Å². The molecule has 2 saturated carbocycles. The van der Waals surface area contributed by atoms with Crippen LogP contribution in [0.25, 0.3) is 6.08 Å². The molecule has 2 aromatic carbocycles. The Morgan fingerprint density at radius 2 is 1.27 bits per heavy atom. The third kappa shape index (κ3) is 6.12. The summed E-state index contributed by atoms with van der Waals surface area (Å²) in [6, 6.07) is 5.40. The highest BCUT2D eigenvalue weighted by Crippen LogP contribution is 2.47. The molecule has 2 aromatic rings. The minimum Gasteiger partial charge on any atom is -0.432 e. The van der Waals surface area contributed by atoms with Crippen LogP contribution >= 0.6 is 0 Å².